The van der Waals surface area contributed by atoms with Crippen molar-refractivity contribution < 1.29 is 9.53 Å². The van der Waals surface area contributed by atoms with E-state index in [1.165, 1.54) is 0 Å². The normalized spacial score (nSPS) is 10.8. The number of benzene rings is 2. The Hall–Kier alpha value is -3.67. The van der Waals surface area contributed by atoms with Crippen molar-refractivity contribution in [2.75, 3.05) is 12.4 Å². The summed E-state index contributed by atoms with van der Waals surface area (Å²) in [6.07, 6.45) is 4.20. The minimum atomic E-state index is -0.0645. The quantitative estimate of drug-likeness (QED) is 0.577. The van der Waals surface area contributed by atoms with Crippen molar-refractivity contribution in [2.45, 2.75) is 13.3 Å². The van der Waals surface area contributed by atoms with E-state index in [2.05, 4.69) is 15.3 Å². The Balaban J connectivity index is 1.44. The van der Waals surface area contributed by atoms with Gasteiger partial charge in [0.2, 0.25) is 11.7 Å². The van der Waals surface area contributed by atoms with E-state index in [-0.39, 0.29) is 5.91 Å². The van der Waals surface area contributed by atoms with Gasteiger partial charge in [-0.25, -0.2) is 9.97 Å². The average Bonchev–Trinajstić information content (AvgIpc) is 3.12. The molecule has 0 saturated heterocycles. The summed E-state index contributed by atoms with van der Waals surface area (Å²) in [7, 11) is 1.62. The lowest BCUT2D eigenvalue weighted by Gasteiger charge is -2.07. The highest BCUT2D eigenvalue weighted by Gasteiger charge is 2.08. The van der Waals surface area contributed by atoms with E-state index < -0.39 is 0 Å². The maximum atomic E-state index is 12.3. The zero-order valence-corrected chi connectivity index (χ0v) is 15.7. The SMILES string of the molecule is COc1ccc(CC(=O)Nc2ccc(-c3cn4ccc(C)nc4n3)cc2)cc1. The van der Waals surface area contributed by atoms with Gasteiger partial charge in [-0.1, -0.05) is 24.3 Å². The summed E-state index contributed by atoms with van der Waals surface area (Å²) >= 11 is 0. The van der Waals surface area contributed by atoms with E-state index in [0.717, 1.165) is 34.0 Å². The van der Waals surface area contributed by atoms with E-state index in [0.29, 0.717) is 12.2 Å². The molecule has 0 bridgehead atoms. The second-order valence-corrected chi connectivity index (χ2v) is 6.55. The van der Waals surface area contributed by atoms with Crippen molar-refractivity contribution in [3.63, 3.8) is 0 Å². The van der Waals surface area contributed by atoms with Crippen molar-refractivity contribution in [1.29, 1.82) is 0 Å². The zero-order chi connectivity index (χ0) is 19.5. The highest BCUT2D eigenvalue weighted by Crippen LogP contribution is 2.21. The summed E-state index contributed by atoms with van der Waals surface area (Å²) in [6.45, 7) is 1.94. The second-order valence-electron chi connectivity index (χ2n) is 6.55. The highest BCUT2D eigenvalue weighted by molar-refractivity contribution is 5.92. The van der Waals surface area contributed by atoms with Crippen LogP contribution >= 0.6 is 0 Å². The predicted octanol–water partition coefficient (Wildman–Crippen LogP) is 3.89. The third kappa shape index (κ3) is 3.86. The third-order valence-corrected chi connectivity index (χ3v) is 4.45. The lowest BCUT2D eigenvalue weighted by molar-refractivity contribution is -0.115. The van der Waals surface area contributed by atoms with Gasteiger partial charge in [0.05, 0.1) is 19.2 Å². The maximum Gasteiger partial charge on any atom is 0.234 e. The molecule has 0 fully saturated rings. The molecule has 0 aliphatic rings. The van der Waals surface area contributed by atoms with Crippen LogP contribution in [0.5, 0.6) is 5.75 Å². The lowest BCUT2D eigenvalue weighted by Crippen LogP contribution is -2.14. The van der Waals surface area contributed by atoms with Gasteiger partial charge in [0, 0.05) is 29.3 Å². The van der Waals surface area contributed by atoms with Crippen molar-refractivity contribution in [2.24, 2.45) is 0 Å². The van der Waals surface area contributed by atoms with Crippen molar-refractivity contribution in [1.82, 2.24) is 14.4 Å². The molecule has 6 nitrogen and oxygen atoms in total. The standard InChI is InChI=1S/C22H20N4O2/c1-15-11-12-26-14-20(25-22(26)23-15)17-5-7-18(8-6-17)24-21(27)13-16-3-9-19(28-2)10-4-16/h3-12,14H,13H2,1-2H3,(H,24,27). The van der Waals surface area contributed by atoms with Crippen LogP contribution in [0.2, 0.25) is 0 Å². The number of rotatable bonds is 5. The first kappa shape index (κ1) is 17.7. The van der Waals surface area contributed by atoms with Crippen LogP contribution in [0.4, 0.5) is 5.69 Å². The Morgan fingerprint density at radius 3 is 2.50 bits per heavy atom. The molecular weight excluding hydrogens is 352 g/mol. The number of carbonyl (C=O) groups is 1. The fraction of sp³-hybridized carbons (Fsp3) is 0.136. The first-order valence-electron chi connectivity index (χ1n) is 8.96. The number of aromatic nitrogens is 3. The lowest BCUT2D eigenvalue weighted by atomic mass is 10.1. The Kier molecular flexibility index (Phi) is 4.76. The first-order chi connectivity index (χ1) is 13.6. The molecular formula is C22H20N4O2. The fourth-order valence-electron chi connectivity index (χ4n) is 2.96. The minimum absolute atomic E-state index is 0.0645. The highest BCUT2D eigenvalue weighted by atomic mass is 16.5. The number of nitrogens with one attached hydrogen (secondary N) is 1. The van der Waals surface area contributed by atoms with Gasteiger partial charge in [-0.05, 0) is 42.8 Å². The molecule has 0 atom stereocenters. The van der Waals surface area contributed by atoms with Gasteiger partial charge in [0.1, 0.15) is 5.75 Å². The Morgan fingerprint density at radius 2 is 1.79 bits per heavy atom. The molecule has 0 saturated carbocycles. The number of fused-ring (bicyclic) bond motifs is 1. The van der Waals surface area contributed by atoms with Gasteiger partial charge in [-0.3, -0.25) is 9.20 Å². The predicted molar refractivity (Wildman–Crippen MR) is 108 cm³/mol. The van der Waals surface area contributed by atoms with Gasteiger partial charge in [-0.2, -0.15) is 0 Å². The molecule has 1 amide bonds. The monoisotopic (exact) mass is 372 g/mol. The number of aryl methyl sites for hydroxylation is 1. The molecule has 0 aliphatic carbocycles. The molecule has 0 spiro atoms. The van der Waals surface area contributed by atoms with Gasteiger partial charge in [-0.15, -0.1) is 0 Å². The molecule has 2 heterocycles. The molecule has 4 rings (SSSR count). The van der Waals surface area contributed by atoms with Crippen molar-refractivity contribution in [3.05, 3.63) is 78.2 Å². The number of anilines is 1. The number of hydrogen-bond acceptors (Lipinski definition) is 4. The van der Waals surface area contributed by atoms with E-state index in [1.54, 1.807) is 7.11 Å². The number of amides is 1. The van der Waals surface area contributed by atoms with E-state index >= 15 is 0 Å². The molecule has 28 heavy (non-hydrogen) atoms. The molecule has 2 aromatic carbocycles. The zero-order valence-electron chi connectivity index (χ0n) is 15.7. The number of methoxy groups -OCH3 is 1. The molecule has 4 aromatic rings. The van der Waals surface area contributed by atoms with E-state index in [4.69, 9.17) is 4.74 Å². The second kappa shape index (κ2) is 7.52. The van der Waals surface area contributed by atoms with Crippen molar-refractivity contribution >= 4 is 17.4 Å². The van der Waals surface area contributed by atoms with Gasteiger partial charge >= 0.3 is 0 Å². The van der Waals surface area contributed by atoms with E-state index in [9.17, 15) is 4.79 Å². The molecule has 0 aliphatic heterocycles. The van der Waals surface area contributed by atoms with Gasteiger partial charge in [0.25, 0.3) is 0 Å². The number of ether oxygens (including phenoxy) is 1. The van der Waals surface area contributed by atoms with E-state index in [1.807, 2.05) is 78.3 Å². The number of carbonyl (C=O) groups excluding carboxylic acids is 1. The van der Waals surface area contributed by atoms with Crippen LogP contribution in [0.1, 0.15) is 11.3 Å². The third-order valence-electron chi connectivity index (χ3n) is 4.45. The van der Waals surface area contributed by atoms with Crippen LogP contribution in [-0.2, 0) is 11.2 Å². The summed E-state index contributed by atoms with van der Waals surface area (Å²) in [5.41, 5.74) is 4.42. The molecule has 0 unspecified atom stereocenters. The molecule has 6 heteroatoms. The summed E-state index contributed by atoms with van der Waals surface area (Å²) in [5.74, 6) is 1.38. The van der Waals surface area contributed by atoms with Gasteiger partial charge in [0.15, 0.2) is 0 Å². The Morgan fingerprint density at radius 1 is 1.04 bits per heavy atom. The number of imidazole rings is 1. The van der Waals surface area contributed by atoms with Crippen LogP contribution in [0.3, 0.4) is 0 Å². The van der Waals surface area contributed by atoms with Crippen molar-refractivity contribution in [3.8, 4) is 17.0 Å². The molecule has 2 aromatic heterocycles. The largest absolute Gasteiger partial charge is 0.497 e. The topological polar surface area (TPSA) is 68.5 Å². The maximum absolute atomic E-state index is 12.3. The van der Waals surface area contributed by atoms with Crippen LogP contribution in [0.15, 0.2) is 67.0 Å². The fourth-order valence-corrected chi connectivity index (χ4v) is 2.96. The van der Waals surface area contributed by atoms with Crippen LogP contribution in [-0.4, -0.2) is 27.4 Å². The summed E-state index contributed by atoms with van der Waals surface area (Å²) in [5, 5.41) is 2.92. The molecule has 1 N–H and O–H groups in total. The minimum Gasteiger partial charge on any atom is -0.497 e. The Bertz CT molecular complexity index is 1120. The summed E-state index contributed by atoms with van der Waals surface area (Å²) in [6, 6.07) is 17.1. The van der Waals surface area contributed by atoms with Crippen LogP contribution < -0.4 is 10.1 Å². The molecule has 0 radical (unpaired) electrons. The van der Waals surface area contributed by atoms with Gasteiger partial charge < -0.3 is 10.1 Å². The first-order valence-corrected chi connectivity index (χ1v) is 8.96. The molecule has 140 valence electrons. The Labute approximate surface area is 162 Å². The van der Waals surface area contributed by atoms with Crippen LogP contribution in [0, 0.1) is 6.92 Å². The summed E-state index contributed by atoms with van der Waals surface area (Å²) in [4.78, 5) is 21.2. The summed E-state index contributed by atoms with van der Waals surface area (Å²) < 4.78 is 7.03. The van der Waals surface area contributed by atoms with Crippen LogP contribution in [0.25, 0.3) is 17.0 Å². The smallest absolute Gasteiger partial charge is 0.234 e. The number of hydrogen-bond donors (Lipinski definition) is 1. The number of nitrogens with zero attached hydrogens (tertiary/aromatic N) is 3. The average molecular weight is 372 g/mol.